The Kier molecular flexibility index (Phi) is 5.84. The van der Waals surface area contributed by atoms with Crippen molar-refractivity contribution >= 4 is 73.0 Å². The molecule has 2 amide bonds. The molecule has 2 heterocycles. The predicted molar refractivity (Wildman–Crippen MR) is 120 cm³/mol. The monoisotopic (exact) mass is 489 g/mol. The summed E-state index contributed by atoms with van der Waals surface area (Å²) in [7, 11) is 0. The number of halogens is 1. The molecule has 29 heavy (non-hydrogen) atoms. The minimum absolute atomic E-state index is 0.00650. The first-order valence-electron chi connectivity index (χ1n) is 8.72. The quantitative estimate of drug-likeness (QED) is 0.512. The third-order valence-electron chi connectivity index (χ3n) is 4.14. The fourth-order valence-electron chi connectivity index (χ4n) is 2.85. The van der Waals surface area contributed by atoms with Crippen LogP contribution in [0.2, 0.25) is 0 Å². The molecule has 0 saturated carbocycles. The van der Waals surface area contributed by atoms with E-state index in [1.807, 2.05) is 49.4 Å². The summed E-state index contributed by atoms with van der Waals surface area (Å²) in [5.74, 6) is -0.348. The number of para-hydroxylation sites is 2. The lowest BCUT2D eigenvalue weighted by atomic mass is 10.2. The number of fused-ring (bicyclic) bond motifs is 1. The van der Waals surface area contributed by atoms with E-state index in [0.29, 0.717) is 20.8 Å². The molecule has 0 saturated heterocycles. The van der Waals surface area contributed by atoms with Crippen LogP contribution in [0.15, 0.2) is 57.3 Å². The first-order chi connectivity index (χ1) is 14.0. The van der Waals surface area contributed by atoms with E-state index in [1.54, 1.807) is 6.07 Å². The minimum atomic E-state index is -0.416. The van der Waals surface area contributed by atoms with Gasteiger partial charge in [0, 0.05) is 10.2 Å². The van der Waals surface area contributed by atoms with Crippen LogP contribution in [0.4, 0.5) is 22.2 Å². The number of hydrogen-bond acceptors (Lipinski definition) is 7. The van der Waals surface area contributed by atoms with Gasteiger partial charge >= 0.3 is 0 Å². The second kappa shape index (κ2) is 8.52. The van der Waals surface area contributed by atoms with Crippen LogP contribution < -0.4 is 15.5 Å². The maximum atomic E-state index is 13.0. The van der Waals surface area contributed by atoms with Gasteiger partial charge in [-0.25, -0.2) is 0 Å². The average Bonchev–Trinajstić information content (AvgIpc) is 3.13. The molecule has 1 unspecified atom stereocenters. The fraction of sp³-hybridized carbons (Fsp3) is 0.158. The van der Waals surface area contributed by atoms with Gasteiger partial charge in [0.1, 0.15) is 6.54 Å². The lowest BCUT2D eigenvalue weighted by Crippen LogP contribution is -2.45. The first kappa shape index (κ1) is 19.9. The SMILES string of the molecule is CC(Sc1nnc(Nc2cccc(Br)c2)s1)C(=O)N1CC(=O)Nc2ccccc21. The summed E-state index contributed by atoms with van der Waals surface area (Å²) in [6, 6.07) is 15.0. The zero-order valence-electron chi connectivity index (χ0n) is 15.3. The van der Waals surface area contributed by atoms with Gasteiger partial charge in [0.05, 0.1) is 16.6 Å². The summed E-state index contributed by atoms with van der Waals surface area (Å²) in [5, 5.41) is 14.5. The Bertz CT molecular complexity index is 1070. The third-order valence-corrected chi connectivity index (χ3v) is 6.65. The van der Waals surface area contributed by atoms with E-state index in [4.69, 9.17) is 0 Å². The number of hydrogen-bond donors (Lipinski definition) is 2. The second-order valence-corrected chi connectivity index (χ2v) is 9.74. The van der Waals surface area contributed by atoms with Crippen molar-refractivity contribution < 1.29 is 9.59 Å². The molecule has 0 fully saturated rings. The molecule has 2 N–H and O–H groups in total. The molecule has 1 atom stereocenters. The van der Waals surface area contributed by atoms with Gasteiger partial charge in [0.25, 0.3) is 0 Å². The average molecular weight is 490 g/mol. The smallest absolute Gasteiger partial charge is 0.244 e. The van der Waals surface area contributed by atoms with Crippen molar-refractivity contribution in [3.63, 3.8) is 0 Å². The Balaban J connectivity index is 1.45. The van der Waals surface area contributed by atoms with E-state index in [9.17, 15) is 9.59 Å². The molecule has 0 spiro atoms. The maximum absolute atomic E-state index is 13.0. The molecular weight excluding hydrogens is 474 g/mol. The Morgan fingerprint density at radius 1 is 1.28 bits per heavy atom. The van der Waals surface area contributed by atoms with E-state index in [1.165, 1.54) is 28.0 Å². The van der Waals surface area contributed by atoms with Gasteiger partial charge in [-0.15, -0.1) is 10.2 Å². The number of aromatic nitrogens is 2. The van der Waals surface area contributed by atoms with Crippen molar-refractivity contribution in [2.24, 2.45) is 0 Å². The van der Waals surface area contributed by atoms with Crippen LogP contribution in [0.3, 0.4) is 0 Å². The number of nitrogens with one attached hydrogen (secondary N) is 2. The normalized spacial score (nSPS) is 14.1. The van der Waals surface area contributed by atoms with Crippen molar-refractivity contribution in [3.05, 3.63) is 53.0 Å². The van der Waals surface area contributed by atoms with Crippen molar-refractivity contribution in [1.29, 1.82) is 0 Å². The molecule has 3 aromatic rings. The van der Waals surface area contributed by atoms with Crippen LogP contribution >= 0.6 is 39.0 Å². The molecule has 7 nitrogen and oxygen atoms in total. The molecule has 1 aliphatic rings. The van der Waals surface area contributed by atoms with Crippen LogP contribution in [-0.2, 0) is 9.59 Å². The largest absolute Gasteiger partial charge is 0.330 e. The minimum Gasteiger partial charge on any atom is -0.330 e. The van der Waals surface area contributed by atoms with Gasteiger partial charge < -0.3 is 10.6 Å². The molecule has 10 heteroatoms. The number of rotatable bonds is 5. The van der Waals surface area contributed by atoms with Crippen LogP contribution in [0.5, 0.6) is 0 Å². The van der Waals surface area contributed by atoms with E-state index in [2.05, 4.69) is 36.8 Å². The lowest BCUT2D eigenvalue weighted by molar-refractivity contribution is -0.121. The van der Waals surface area contributed by atoms with Gasteiger partial charge in [-0.3, -0.25) is 14.5 Å². The van der Waals surface area contributed by atoms with Gasteiger partial charge in [-0.2, -0.15) is 0 Å². The maximum Gasteiger partial charge on any atom is 0.244 e. The van der Waals surface area contributed by atoms with E-state index in [0.717, 1.165) is 10.2 Å². The zero-order chi connectivity index (χ0) is 20.4. The zero-order valence-corrected chi connectivity index (χ0v) is 18.5. The summed E-state index contributed by atoms with van der Waals surface area (Å²) in [4.78, 5) is 26.5. The number of amides is 2. The van der Waals surface area contributed by atoms with Crippen molar-refractivity contribution in [1.82, 2.24) is 10.2 Å². The highest BCUT2D eigenvalue weighted by atomic mass is 79.9. The lowest BCUT2D eigenvalue weighted by Gasteiger charge is -2.30. The Morgan fingerprint density at radius 2 is 2.10 bits per heavy atom. The summed E-state index contributed by atoms with van der Waals surface area (Å²) >= 11 is 6.14. The van der Waals surface area contributed by atoms with Gasteiger partial charge in [0.2, 0.25) is 16.9 Å². The topological polar surface area (TPSA) is 87.2 Å². The molecule has 0 aliphatic carbocycles. The highest BCUT2D eigenvalue weighted by Crippen LogP contribution is 2.34. The summed E-state index contributed by atoms with van der Waals surface area (Å²) < 4.78 is 1.64. The number of nitrogens with zero attached hydrogens (tertiary/aromatic N) is 3. The molecule has 4 rings (SSSR count). The number of benzene rings is 2. The fourth-order valence-corrected chi connectivity index (χ4v) is 5.23. The van der Waals surface area contributed by atoms with Gasteiger partial charge in [-0.1, -0.05) is 57.2 Å². The van der Waals surface area contributed by atoms with Crippen LogP contribution in [0, 0.1) is 0 Å². The number of carbonyl (C=O) groups is 2. The second-order valence-electron chi connectivity index (χ2n) is 6.26. The molecule has 1 aliphatic heterocycles. The van der Waals surface area contributed by atoms with Crippen molar-refractivity contribution in [2.45, 2.75) is 16.5 Å². The van der Waals surface area contributed by atoms with E-state index < -0.39 is 5.25 Å². The Labute approximate surface area is 184 Å². The summed E-state index contributed by atoms with van der Waals surface area (Å²) in [6.45, 7) is 1.82. The molecule has 0 radical (unpaired) electrons. The van der Waals surface area contributed by atoms with Gasteiger partial charge in [0.15, 0.2) is 4.34 Å². The van der Waals surface area contributed by atoms with Crippen LogP contribution in [0.1, 0.15) is 6.92 Å². The molecule has 148 valence electrons. The highest BCUT2D eigenvalue weighted by Gasteiger charge is 2.30. The highest BCUT2D eigenvalue weighted by molar-refractivity contribution is 9.10. The summed E-state index contributed by atoms with van der Waals surface area (Å²) in [6.07, 6.45) is 0. The van der Waals surface area contributed by atoms with Gasteiger partial charge in [-0.05, 0) is 37.3 Å². The third kappa shape index (κ3) is 4.60. The first-order valence-corrected chi connectivity index (χ1v) is 11.2. The summed E-state index contributed by atoms with van der Waals surface area (Å²) in [5.41, 5.74) is 2.25. The molecule has 1 aromatic heterocycles. The predicted octanol–water partition coefficient (Wildman–Crippen LogP) is 4.51. The number of anilines is 4. The number of carbonyl (C=O) groups excluding carboxylic acids is 2. The van der Waals surface area contributed by atoms with Crippen molar-refractivity contribution in [3.8, 4) is 0 Å². The van der Waals surface area contributed by atoms with E-state index in [-0.39, 0.29) is 18.4 Å². The van der Waals surface area contributed by atoms with Crippen molar-refractivity contribution in [2.75, 3.05) is 22.1 Å². The van der Waals surface area contributed by atoms with Crippen LogP contribution in [-0.4, -0.2) is 33.8 Å². The number of thioether (sulfide) groups is 1. The molecule has 0 bridgehead atoms. The standard InChI is InChI=1S/C19H16BrN5O2S2/c1-11(17(27)25-10-16(26)22-14-7-2-3-8-15(14)25)28-19-24-23-18(29-19)21-13-6-4-5-12(20)9-13/h2-9,11H,10H2,1H3,(H,21,23)(H,22,26). The van der Waals surface area contributed by atoms with E-state index >= 15 is 0 Å². The Hall–Kier alpha value is -2.43. The Morgan fingerprint density at radius 3 is 2.93 bits per heavy atom. The van der Waals surface area contributed by atoms with Crippen LogP contribution in [0.25, 0.3) is 0 Å². The molecule has 2 aromatic carbocycles. The molecular formula is C19H16BrN5O2S2.